The minimum atomic E-state index is -0.185. The Balaban J connectivity index is 3.12. The number of halogens is 1. The molecule has 0 atom stereocenters. The van der Waals surface area contributed by atoms with Crippen LogP contribution in [0.4, 0.5) is 4.39 Å². The third-order valence-electron chi connectivity index (χ3n) is 2.39. The molecule has 0 aromatic heterocycles. The van der Waals surface area contributed by atoms with Crippen LogP contribution in [0.3, 0.4) is 0 Å². The van der Waals surface area contributed by atoms with E-state index in [9.17, 15) is 4.39 Å². The average molecular weight is 268 g/mol. The molecule has 0 amide bonds. The predicted molar refractivity (Wildman–Crippen MR) is 78.1 cm³/mol. The minimum Gasteiger partial charge on any atom is -0.370 e. The highest BCUT2D eigenvalue weighted by molar-refractivity contribution is 7.98. The molecule has 0 heterocycles. The molecule has 0 aliphatic rings. The molecule has 2 nitrogen and oxygen atoms in total. The van der Waals surface area contributed by atoms with Crippen LogP contribution in [0.2, 0.25) is 0 Å². The van der Waals surface area contributed by atoms with Gasteiger partial charge in [0.1, 0.15) is 11.7 Å². The Bertz CT molecular complexity index is 416. The molecule has 1 N–H and O–H groups in total. The third kappa shape index (κ3) is 4.02. The summed E-state index contributed by atoms with van der Waals surface area (Å²) in [5.41, 5.74) is 0.852. The fourth-order valence-electron chi connectivity index (χ4n) is 1.58. The number of rotatable bonds is 5. The van der Waals surface area contributed by atoms with Crippen molar-refractivity contribution < 1.29 is 4.39 Å². The van der Waals surface area contributed by atoms with Gasteiger partial charge in [0.2, 0.25) is 0 Å². The lowest BCUT2D eigenvalue weighted by Gasteiger charge is -2.13. The van der Waals surface area contributed by atoms with Crippen molar-refractivity contribution in [2.24, 2.45) is 10.9 Å². The van der Waals surface area contributed by atoms with E-state index in [0.717, 1.165) is 24.5 Å². The highest BCUT2D eigenvalue weighted by atomic mass is 32.2. The van der Waals surface area contributed by atoms with E-state index in [1.54, 1.807) is 6.07 Å². The van der Waals surface area contributed by atoms with E-state index < -0.39 is 0 Å². The normalized spacial score (nSPS) is 12.0. The van der Waals surface area contributed by atoms with Crippen molar-refractivity contribution in [2.75, 3.05) is 19.3 Å². The smallest absolute Gasteiger partial charge is 0.137 e. The fraction of sp³-hybridized carbons (Fsp3) is 0.500. The number of amidine groups is 1. The summed E-state index contributed by atoms with van der Waals surface area (Å²) in [6.45, 7) is 7.78. The van der Waals surface area contributed by atoms with Crippen LogP contribution in [-0.2, 0) is 0 Å². The first kappa shape index (κ1) is 15.0. The van der Waals surface area contributed by atoms with Gasteiger partial charge >= 0.3 is 0 Å². The van der Waals surface area contributed by atoms with E-state index in [1.165, 1.54) is 17.8 Å². The number of hydrogen-bond donors (Lipinski definition) is 1. The summed E-state index contributed by atoms with van der Waals surface area (Å²) < 4.78 is 13.7. The number of nitrogens with one attached hydrogen (secondary N) is 1. The average Bonchev–Trinajstić information content (AvgIpc) is 2.34. The second-order valence-corrected chi connectivity index (χ2v) is 5.25. The zero-order valence-corrected chi connectivity index (χ0v) is 12.3. The summed E-state index contributed by atoms with van der Waals surface area (Å²) in [4.78, 5) is 5.21. The first-order chi connectivity index (χ1) is 8.60. The molecule has 18 heavy (non-hydrogen) atoms. The van der Waals surface area contributed by atoms with Crippen LogP contribution in [0.1, 0.15) is 26.3 Å². The Morgan fingerprint density at radius 3 is 2.72 bits per heavy atom. The number of aliphatic imine (C=N–C) groups is 1. The SMILES string of the molecule is CCNC(=NCC(C)C)c1cccc(F)c1SC. The molecule has 0 aliphatic carbocycles. The van der Waals surface area contributed by atoms with E-state index in [0.29, 0.717) is 10.8 Å². The van der Waals surface area contributed by atoms with Gasteiger partial charge in [0.05, 0.1) is 4.90 Å². The minimum absolute atomic E-state index is 0.185. The summed E-state index contributed by atoms with van der Waals surface area (Å²) in [6, 6.07) is 5.13. The quantitative estimate of drug-likeness (QED) is 0.501. The van der Waals surface area contributed by atoms with Gasteiger partial charge in [-0.05, 0) is 31.2 Å². The maximum absolute atomic E-state index is 13.7. The Kier molecular flexibility index (Phi) is 6.19. The standard InChI is InChI=1S/C14H21FN2S/c1-5-16-14(17-9-10(2)3)11-7-6-8-12(15)13(11)18-4/h6-8,10H,5,9H2,1-4H3,(H,16,17). The van der Waals surface area contributed by atoms with E-state index in [-0.39, 0.29) is 5.82 Å². The van der Waals surface area contributed by atoms with Crippen LogP contribution < -0.4 is 5.32 Å². The first-order valence-electron chi connectivity index (χ1n) is 6.21. The Morgan fingerprint density at radius 1 is 1.44 bits per heavy atom. The van der Waals surface area contributed by atoms with Crippen LogP contribution in [0.25, 0.3) is 0 Å². The number of thioether (sulfide) groups is 1. The van der Waals surface area contributed by atoms with Gasteiger partial charge in [-0.2, -0.15) is 0 Å². The summed E-state index contributed by atoms with van der Waals surface area (Å²) in [7, 11) is 0. The van der Waals surface area contributed by atoms with E-state index in [1.807, 2.05) is 19.2 Å². The lowest BCUT2D eigenvalue weighted by Crippen LogP contribution is -2.25. The van der Waals surface area contributed by atoms with Gasteiger partial charge in [-0.3, -0.25) is 4.99 Å². The molecule has 0 spiro atoms. The van der Waals surface area contributed by atoms with E-state index >= 15 is 0 Å². The molecule has 0 saturated heterocycles. The van der Waals surface area contributed by atoms with Gasteiger partial charge in [0, 0.05) is 18.7 Å². The molecule has 1 aromatic carbocycles. The van der Waals surface area contributed by atoms with Gasteiger partial charge in [-0.1, -0.05) is 19.9 Å². The molecule has 0 saturated carbocycles. The van der Waals surface area contributed by atoms with Gasteiger partial charge in [0.15, 0.2) is 0 Å². The van der Waals surface area contributed by atoms with Gasteiger partial charge in [-0.15, -0.1) is 11.8 Å². The summed E-state index contributed by atoms with van der Waals surface area (Å²) in [5, 5.41) is 3.23. The van der Waals surface area contributed by atoms with Crippen LogP contribution in [-0.4, -0.2) is 25.2 Å². The molecule has 0 aliphatic heterocycles. The molecule has 0 radical (unpaired) electrons. The topological polar surface area (TPSA) is 24.4 Å². The van der Waals surface area contributed by atoms with Crippen molar-refractivity contribution in [3.05, 3.63) is 29.6 Å². The fourth-order valence-corrected chi connectivity index (χ4v) is 2.23. The number of hydrogen-bond acceptors (Lipinski definition) is 2. The van der Waals surface area contributed by atoms with Crippen LogP contribution >= 0.6 is 11.8 Å². The lowest BCUT2D eigenvalue weighted by atomic mass is 10.2. The predicted octanol–water partition coefficient (Wildman–Crippen LogP) is 3.56. The van der Waals surface area contributed by atoms with Gasteiger partial charge < -0.3 is 5.32 Å². The second-order valence-electron chi connectivity index (χ2n) is 4.43. The zero-order chi connectivity index (χ0) is 13.5. The third-order valence-corrected chi connectivity index (χ3v) is 3.21. The van der Waals surface area contributed by atoms with Crippen molar-refractivity contribution >= 4 is 17.6 Å². The van der Waals surface area contributed by atoms with Crippen molar-refractivity contribution in [1.29, 1.82) is 0 Å². The summed E-state index contributed by atoms with van der Waals surface area (Å²) in [6.07, 6.45) is 1.88. The Hall–Kier alpha value is -1.03. The molecular formula is C14H21FN2S. The monoisotopic (exact) mass is 268 g/mol. The highest BCUT2D eigenvalue weighted by Gasteiger charge is 2.12. The van der Waals surface area contributed by atoms with Crippen LogP contribution in [0, 0.1) is 11.7 Å². The molecule has 1 aromatic rings. The number of nitrogens with zero attached hydrogens (tertiary/aromatic N) is 1. The van der Waals surface area contributed by atoms with Gasteiger partial charge in [-0.25, -0.2) is 4.39 Å². The van der Waals surface area contributed by atoms with Crippen molar-refractivity contribution in [2.45, 2.75) is 25.7 Å². The van der Waals surface area contributed by atoms with Crippen LogP contribution in [0.15, 0.2) is 28.1 Å². The molecular weight excluding hydrogens is 247 g/mol. The van der Waals surface area contributed by atoms with Crippen molar-refractivity contribution in [3.8, 4) is 0 Å². The largest absolute Gasteiger partial charge is 0.370 e. The highest BCUT2D eigenvalue weighted by Crippen LogP contribution is 2.24. The first-order valence-corrected chi connectivity index (χ1v) is 7.43. The molecule has 1 rings (SSSR count). The van der Waals surface area contributed by atoms with Gasteiger partial charge in [0.25, 0.3) is 0 Å². The Morgan fingerprint density at radius 2 is 2.17 bits per heavy atom. The lowest BCUT2D eigenvalue weighted by molar-refractivity contribution is 0.601. The zero-order valence-electron chi connectivity index (χ0n) is 11.5. The second kappa shape index (κ2) is 7.41. The van der Waals surface area contributed by atoms with Crippen molar-refractivity contribution in [3.63, 3.8) is 0 Å². The molecule has 0 bridgehead atoms. The maximum atomic E-state index is 13.7. The Labute approximate surface area is 113 Å². The van der Waals surface area contributed by atoms with E-state index in [4.69, 9.17) is 0 Å². The summed E-state index contributed by atoms with van der Waals surface area (Å²) >= 11 is 1.41. The molecule has 4 heteroatoms. The maximum Gasteiger partial charge on any atom is 0.137 e. The van der Waals surface area contributed by atoms with Crippen molar-refractivity contribution in [1.82, 2.24) is 5.32 Å². The summed E-state index contributed by atoms with van der Waals surface area (Å²) in [5.74, 6) is 1.09. The number of benzene rings is 1. The molecule has 0 unspecified atom stereocenters. The van der Waals surface area contributed by atoms with E-state index in [2.05, 4.69) is 24.2 Å². The molecule has 0 fully saturated rings. The van der Waals surface area contributed by atoms with Crippen LogP contribution in [0.5, 0.6) is 0 Å². The molecule has 100 valence electrons.